The number of H-pyrrole nitrogens is 1. The molecular weight excluding hydrogens is 342 g/mol. The summed E-state index contributed by atoms with van der Waals surface area (Å²) < 4.78 is 6.26. The fourth-order valence-electron chi connectivity index (χ4n) is 2.23. The van der Waals surface area contributed by atoms with Gasteiger partial charge in [0.2, 0.25) is 5.88 Å². The van der Waals surface area contributed by atoms with Crippen LogP contribution in [0.15, 0.2) is 38.8 Å². The summed E-state index contributed by atoms with van der Waals surface area (Å²) in [5.41, 5.74) is -1.42. The number of ether oxygens (including phenoxy) is 1. The molecule has 0 aliphatic carbocycles. The minimum absolute atomic E-state index is 0.0502. The molecular formula is C17H19N3O6. The molecule has 0 aliphatic rings. The van der Waals surface area contributed by atoms with Crippen LogP contribution in [0.25, 0.3) is 5.69 Å². The van der Waals surface area contributed by atoms with Crippen LogP contribution in [0.5, 0.6) is 11.6 Å². The van der Waals surface area contributed by atoms with E-state index in [1.807, 2.05) is 6.92 Å². The smallest absolute Gasteiger partial charge is 0.335 e. The molecule has 2 rings (SSSR count). The standard InChI is InChI=1S/C17H19N3O6/c1-2-26-12-7-5-11(6-8-12)20-16(24)13(15(23)19-17(20)25)10-18-9-3-4-14(21)22/h5-8,10,24H,2-4,9H2,1H3,(H,21,22)(H,19,23,25). The number of aromatic nitrogens is 2. The minimum Gasteiger partial charge on any atom is -0.494 e. The Bertz CT molecular complexity index is 912. The van der Waals surface area contributed by atoms with Gasteiger partial charge in [-0.1, -0.05) is 0 Å². The number of rotatable bonds is 8. The van der Waals surface area contributed by atoms with Gasteiger partial charge in [-0.15, -0.1) is 0 Å². The van der Waals surface area contributed by atoms with Gasteiger partial charge in [0, 0.05) is 19.2 Å². The number of hydrogen-bond donors (Lipinski definition) is 3. The van der Waals surface area contributed by atoms with E-state index in [1.54, 1.807) is 24.3 Å². The lowest BCUT2D eigenvalue weighted by Gasteiger charge is -2.10. The van der Waals surface area contributed by atoms with Crippen LogP contribution in [0.1, 0.15) is 25.3 Å². The topological polar surface area (TPSA) is 134 Å². The normalized spacial score (nSPS) is 11.0. The van der Waals surface area contributed by atoms with E-state index in [4.69, 9.17) is 9.84 Å². The molecule has 2 aromatic rings. The van der Waals surface area contributed by atoms with E-state index in [1.165, 1.54) is 0 Å². The number of nitrogens with zero attached hydrogens (tertiary/aromatic N) is 2. The predicted molar refractivity (Wildman–Crippen MR) is 94.8 cm³/mol. The summed E-state index contributed by atoms with van der Waals surface area (Å²) in [4.78, 5) is 40.5. The summed E-state index contributed by atoms with van der Waals surface area (Å²) >= 11 is 0. The monoisotopic (exact) mass is 361 g/mol. The van der Waals surface area contributed by atoms with Gasteiger partial charge in [0.1, 0.15) is 11.3 Å². The van der Waals surface area contributed by atoms with Gasteiger partial charge in [-0.25, -0.2) is 9.36 Å². The summed E-state index contributed by atoms with van der Waals surface area (Å²) in [6.45, 7) is 2.51. The van der Waals surface area contributed by atoms with Crippen molar-refractivity contribution < 1.29 is 19.7 Å². The van der Waals surface area contributed by atoms with Crippen molar-refractivity contribution in [1.82, 2.24) is 9.55 Å². The summed E-state index contributed by atoms with van der Waals surface area (Å²) in [5, 5.41) is 18.9. The van der Waals surface area contributed by atoms with E-state index >= 15 is 0 Å². The van der Waals surface area contributed by atoms with Gasteiger partial charge in [0.05, 0.1) is 12.3 Å². The van der Waals surface area contributed by atoms with Crippen molar-refractivity contribution in [1.29, 1.82) is 0 Å². The van der Waals surface area contributed by atoms with Crippen molar-refractivity contribution in [3.63, 3.8) is 0 Å². The second kappa shape index (κ2) is 8.65. The van der Waals surface area contributed by atoms with Crippen LogP contribution in [0.3, 0.4) is 0 Å². The van der Waals surface area contributed by atoms with E-state index in [0.717, 1.165) is 10.8 Å². The number of aromatic amines is 1. The Morgan fingerprint density at radius 3 is 2.62 bits per heavy atom. The number of carboxylic acid groups (broad SMARTS) is 1. The number of aliphatic imine (C=N–C) groups is 1. The first-order chi connectivity index (χ1) is 12.4. The maximum absolute atomic E-state index is 12.1. The second-order valence-electron chi connectivity index (χ2n) is 5.29. The van der Waals surface area contributed by atoms with E-state index in [-0.39, 0.29) is 18.5 Å². The van der Waals surface area contributed by atoms with E-state index < -0.39 is 23.1 Å². The lowest BCUT2D eigenvalue weighted by Crippen LogP contribution is -2.31. The average Bonchev–Trinajstić information content (AvgIpc) is 2.58. The van der Waals surface area contributed by atoms with Crippen molar-refractivity contribution >= 4 is 12.2 Å². The third kappa shape index (κ3) is 4.59. The number of hydrogen-bond acceptors (Lipinski definition) is 6. The van der Waals surface area contributed by atoms with Gasteiger partial charge in [0.25, 0.3) is 5.56 Å². The molecule has 0 saturated heterocycles. The first kappa shape index (κ1) is 19.0. The van der Waals surface area contributed by atoms with Crippen LogP contribution in [-0.2, 0) is 4.79 Å². The Labute approximate surface area is 148 Å². The molecule has 1 aromatic carbocycles. The van der Waals surface area contributed by atoms with E-state index in [0.29, 0.717) is 24.5 Å². The molecule has 0 saturated carbocycles. The third-order valence-corrected chi connectivity index (χ3v) is 3.43. The lowest BCUT2D eigenvalue weighted by molar-refractivity contribution is -0.137. The van der Waals surface area contributed by atoms with Gasteiger partial charge in [-0.3, -0.25) is 19.6 Å². The summed E-state index contributed by atoms with van der Waals surface area (Å²) in [5.74, 6) is -0.886. The predicted octanol–water partition coefficient (Wildman–Crippen LogP) is 0.914. The zero-order chi connectivity index (χ0) is 19.1. The average molecular weight is 361 g/mol. The zero-order valence-corrected chi connectivity index (χ0v) is 14.1. The Morgan fingerprint density at radius 2 is 2.00 bits per heavy atom. The van der Waals surface area contributed by atoms with Crippen molar-refractivity contribution in [2.24, 2.45) is 4.99 Å². The molecule has 0 bridgehead atoms. The van der Waals surface area contributed by atoms with Crippen molar-refractivity contribution in [2.75, 3.05) is 13.2 Å². The molecule has 9 heteroatoms. The molecule has 0 radical (unpaired) electrons. The SMILES string of the molecule is CCOc1ccc(-n2c(O)c(C=NCCCC(=O)O)c(=O)[nH]c2=O)cc1. The number of aromatic hydroxyl groups is 1. The van der Waals surface area contributed by atoms with Gasteiger partial charge < -0.3 is 14.9 Å². The van der Waals surface area contributed by atoms with Crippen LogP contribution < -0.4 is 16.0 Å². The highest BCUT2D eigenvalue weighted by molar-refractivity contribution is 5.82. The van der Waals surface area contributed by atoms with Crippen molar-refractivity contribution in [3.8, 4) is 17.3 Å². The molecule has 138 valence electrons. The Morgan fingerprint density at radius 1 is 1.31 bits per heavy atom. The van der Waals surface area contributed by atoms with E-state index in [9.17, 15) is 19.5 Å². The number of nitrogens with one attached hydrogen (secondary N) is 1. The zero-order valence-electron chi connectivity index (χ0n) is 14.1. The second-order valence-corrected chi connectivity index (χ2v) is 5.29. The first-order valence-electron chi connectivity index (χ1n) is 7.97. The highest BCUT2D eigenvalue weighted by Gasteiger charge is 2.14. The molecule has 3 N–H and O–H groups in total. The van der Waals surface area contributed by atoms with Crippen LogP contribution >= 0.6 is 0 Å². The largest absolute Gasteiger partial charge is 0.494 e. The lowest BCUT2D eigenvalue weighted by atomic mass is 10.2. The molecule has 0 fully saturated rings. The molecule has 0 spiro atoms. The quantitative estimate of drug-likeness (QED) is 0.473. The molecule has 1 heterocycles. The molecule has 9 nitrogen and oxygen atoms in total. The van der Waals surface area contributed by atoms with Crippen LogP contribution in [0, 0.1) is 0 Å². The summed E-state index contributed by atoms with van der Waals surface area (Å²) in [6, 6.07) is 6.40. The fourth-order valence-corrected chi connectivity index (χ4v) is 2.23. The van der Waals surface area contributed by atoms with Crippen molar-refractivity contribution in [3.05, 3.63) is 50.7 Å². The molecule has 0 unspecified atom stereocenters. The van der Waals surface area contributed by atoms with Crippen LogP contribution in [0.2, 0.25) is 0 Å². The fraction of sp³-hybridized carbons (Fsp3) is 0.294. The number of benzene rings is 1. The molecule has 1 aromatic heterocycles. The first-order valence-corrected chi connectivity index (χ1v) is 7.97. The molecule has 26 heavy (non-hydrogen) atoms. The minimum atomic E-state index is -0.940. The summed E-state index contributed by atoms with van der Waals surface area (Å²) in [7, 11) is 0. The highest BCUT2D eigenvalue weighted by atomic mass is 16.5. The number of carbonyl (C=O) groups is 1. The maximum atomic E-state index is 12.1. The van der Waals surface area contributed by atoms with Gasteiger partial charge in [-0.05, 0) is 37.6 Å². The maximum Gasteiger partial charge on any atom is 0.335 e. The highest BCUT2D eigenvalue weighted by Crippen LogP contribution is 2.18. The third-order valence-electron chi connectivity index (χ3n) is 3.43. The molecule has 0 amide bonds. The molecule has 0 aliphatic heterocycles. The van der Waals surface area contributed by atoms with Gasteiger partial charge in [-0.2, -0.15) is 0 Å². The Kier molecular flexibility index (Phi) is 6.31. The van der Waals surface area contributed by atoms with Crippen LogP contribution in [0.4, 0.5) is 0 Å². The Hall–Kier alpha value is -3.36. The number of carboxylic acids is 1. The molecule has 0 atom stereocenters. The summed E-state index contributed by atoms with van der Waals surface area (Å²) in [6.07, 6.45) is 1.37. The van der Waals surface area contributed by atoms with Crippen molar-refractivity contribution in [2.45, 2.75) is 19.8 Å². The Balaban J connectivity index is 2.33. The van der Waals surface area contributed by atoms with Gasteiger partial charge in [0.15, 0.2) is 0 Å². The van der Waals surface area contributed by atoms with Gasteiger partial charge >= 0.3 is 11.7 Å². The van der Waals surface area contributed by atoms with Crippen LogP contribution in [-0.4, -0.2) is 45.1 Å². The van der Waals surface area contributed by atoms with E-state index in [2.05, 4.69) is 9.98 Å². The number of aliphatic carboxylic acids is 1.